The van der Waals surface area contributed by atoms with Crippen molar-refractivity contribution in [2.45, 2.75) is 6.61 Å². The number of ether oxygens (including phenoxy) is 1. The molecule has 0 bridgehead atoms. The molecule has 2 aromatic carbocycles. The summed E-state index contributed by atoms with van der Waals surface area (Å²) in [7, 11) is 1.52. The molecule has 1 amide bonds. The summed E-state index contributed by atoms with van der Waals surface area (Å²) in [6, 6.07) is 11.8. The number of hydrogen-bond donors (Lipinski definition) is 3. The number of aliphatic hydroxyl groups is 1. The Morgan fingerprint density at radius 3 is 2.55 bits per heavy atom. The summed E-state index contributed by atoms with van der Waals surface area (Å²) in [5.41, 5.74) is 8.04. The van der Waals surface area contributed by atoms with E-state index in [1.165, 1.54) is 7.11 Å². The third-order valence-electron chi connectivity index (χ3n) is 2.82. The van der Waals surface area contributed by atoms with Crippen LogP contribution in [0.2, 0.25) is 0 Å². The molecular formula is C15H16N2O3. The topological polar surface area (TPSA) is 84.6 Å². The Labute approximate surface area is 117 Å². The number of anilines is 2. The molecule has 0 saturated carbocycles. The lowest BCUT2D eigenvalue weighted by molar-refractivity contribution is 0.102. The third kappa shape index (κ3) is 3.27. The van der Waals surface area contributed by atoms with Crippen LogP contribution in [0.1, 0.15) is 15.9 Å². The van der Waals surface area contributed by atoms with E-state index < -0.39 is 0 Å². The molecule has 0 unspecified atom stereocenters. The Morgan fingerprint density at radius 2 is 1.95 bits per heavy atom. The van der Waals surface area contributed by atoms with Gasteiger partial charge in [0.1, 0.15) is 5.75 Å². The molecule has 0 aliphatic heterocycles. The smallest absolute Gasteiger partial charge is 0.255 e. The van der Waals surface area contributed by atoms with Gasteiger partial charge in [-0.25, -0.2) is 0 Å². The van der Waals surface area contributed by atoms with Gasteiger partial charge in [0.25, 0.3) is 5.91 Å². The van der Waals surface area contributed by atoms with Crippen molar-refractivity contribution >= 4 is 17.3 Å². The normalized spacial score (nSPS) is 10.1. The lowest BCUT2D eigenvalue weighted by atomic mass is 10.1. The summed E-state index contributed by atoms with van der Waals surface area (Å²) in [4.78, 5) is 12.1. The van der Waals surface area contributed by atoms with E-state index in [1.54, 1.807) is 42.5 Å². The van der Waals surface area contributed by atoms with Gasteiger partial charge in [0.15, 0.2) is 0 Å². The zero-order valence-electron chi connectivity index (χ0n) is 11.1. The maximum absolute atomic E-state index is 12.1. The highest BCUT2D eigenvalue weighted by molar-refractivity contribution is 6.05. The molecule has 0 aromatic heterocycles. The molecule has 0 aliphatic rings. The van der Waals surface area contributed by atoms with Gasteiger partial charge in [-0.1, -0.05) is 12.1 Å². The molecule has 0 aliphatic carbocycles. The monoisotopic (exact) mass is 272 g/mol. The van der Waals surface area contributed by atoms with E-state index in [-0.39, 0.29) is 12.5 Å². The highest BCUT2D eigenvalue weighted by atomic mass is 16.5. The number of methoxy groups -OCH3 is 1. The molecule has 0 heterocycles. The minimum Gasteiger partial charge on any atom is -0.497 e. The van der Waals surface area contributed by atoms with Crippen LogP contribution in [0.3, 0.4) is 0 Å². The fourth-order valence-corrected chi connectivity index (χ4v) is 1.77. The van der Waals surface area contributed by atoms with E-state index >= 15 is 0 Å². The third-order valence-corrected chi connectivity index (χ3v) is 2.82. The molecule has 0 atom stereocenters. The zero-order valence-corrected chi connectivity index (χ0v) is 11.1. The number of carbonyl (C=O) groups is 1. The Bertz CT molecular complexity index is 609. The number of nitrogens with two attached hydrogens (primary N) is 1. The van der Waals surface area contributed by atoms with Gasteiger partial charge in [-0.15, -0.1) is 0 Å². The Hall–Kier alpha value is -2.53. The fraction of sp³-hybridized carbons (Fsp3) is 0.133. The Kier molecular flexibility index (Phi) is 4.22. The quantitative estimate of drug-likeness (QED) is 0.743. The summed E-state index contributed by atoms with van der Waals surface area (Å²) < 4.78 is 5.08. The molecule has 5 nitrogen and oxygen atoms in total. The van der Waals surface area contributed by atoms with E-state index in [2.05, 4.69) is 5.32 Å². The van der Waals surface area contributed by atoms with Crippen LogP contribution >= 0.6 is 0 Å². The second-order valence-corrected chi connectivity index (χ2v) is 4.30. The molecule has 2 aromatic rings. The van der Waals surface area contributed by atoms with E-state index in [1.807, 2.05) is 0 Å². The van der Waals surface area contributed by atoms with Crippen LogP contribution in [0.5, 0.6) is 5.75 Å². The first-order valence-electron chi connectivity index (χ1n) is 6.08. The molecule has 0 fully saturated rings. The second-order valence-electron chi connectivity index (χ2n) is 4.30. The molecule has 20 heavy (non-hydrogen) atoms. The van der Waals surface area contributed by atoms with Crippen molar-refractivity contribution in [2.75, 3.05) is 18.2 Å². The van der Waals surface area contributed by atoms with Gasteiger partial charge in [0.2, 0.25) is 0 Å². The number of carbonyl (C=O) groups excluding carboxylic acids is 1. The highest BCUT2D eigenvalue weighted by Crippen LogP contribution is 2.19. The molecule has 0 saturated heterocycles. The number of amides is 1. The standard InChI is InChI=1S/C15H16N2O3/c1-20-14-7-11(6-12(16)8-14)15(19)17-13-4-2-10(9-18)3-5-13/h2-8,18H,9,16H2,1H3,(H,17,19). The van der Waals surface area contributed by atoms with E-state index in [0.29, 0.717) is 22.7 Å². The maximum atomic E-state index is 12.1. The van der Waals surface area contributed by atoms with E-state index in [9.17, 15) is 4.79 Å². The first-order valence-corrected chi connectivity index (χ1v) is 6.08. The lowest BCUT2D eigenvalue weighted by Gasteiger charge is -2.08. The van der Waals surface area contributed by atoms with Gasteiger partial charge >= 0.3 is 0 Å². The predicted molar refractivity (Wildman–Crippen MR) is 77.7 cm³/mol. The first-order chi connectivity index (χ1) is 9.62. The van der Waals surface area contributed by atoms with Crippen LogP contribution in [0, 0.1) is 0 Å². The highest BCUT2D eigenvalue weighted by Gasteiger charge is 2.08. The summed E-state index contributed by atoms with van der Waals surface area (Å²) >= 11 is 0. The fourth-order valence-electron chi connectivity index (χ4n) is 1.77. The van der Waals surface area contributed by atoms with Gasteiger partial charge in [0.05, 0.1) is 13.7 Å². The first kappa shape index (κ1) is 13.9. The van der Waals surface area contributed by atoms with Crippen molar-refractivity contribution in [1.29, 1.82) is 0 Å². The molecule has 104 valence electrons. The van der Waals surface area contributed by atoms with E-state index in [4.69, 9.17) is 15.6 Å². The second kappa shape index (κ2) is 6.08. The molecule has 0 radical (unpaired) electrons. The van der Waals surface area contributed by atoms with E-state index in [0.717, 1.165) is 5.56 Å². The van der Waals surface area contributed by atoms with Gasteiger partial charge in [-0.3, -0.25) is 4.79 Å². The summed E-state index contributed by atoms with van der Waals surface area (Å²) in [5, 5.41) is 11.7. The average molecular weight is 272 g/mol. The number of hydrogen-bond acceptors (Lipinski definition) is 4. The number of nitrogens with one attached hydrogen (secondary N) is 1. The lowest BCUT2D eigenvalue weighted by Crippen LogP contribution is -2.12. The molecule has 5 heteroatoms. The number of benzene rings is 2. The van der Waals surface area contributed by atoms with Crippen LogP contribution in [0.4, 0.5) is 11.4 Å². The van der Waals surface area contributed by atoms with Crippen LogP contribution < -0.4 is 15.8 Å². The van der Waals surface area contributed by atoms with Crippen molar-refractivity contribution in [3.63, 3.8) is 0 Å². The zero-order chi connectivity index (χ0) is 14.5. The van der Waals surface area contributed by atoms with Crippen molar-refractivity contribution in [1.82, 2.24) is 0 Å². The molecular weight excluding hydrogens is 256 g/mol. The molecule has 2 rings (SSSR count). The minimum absolute atomic E-state index is 0.0271. The largest absolute Gasteiger partial charge is 0.497 e. The van der Waals surface area contributed by atoms with Gasteiger partial charge in [-0.05, 0) is 29.8 Å². The maximum Gasteiger partial charge on any atom is 0.255 e. The van der Waals surface area contributed by atoms with Crippen LogP contribution in [0.25, 0.3) is 0 Å². The Morgan fingerprint density at radius 1 is 1.25 bits per heavy atom. The predicted octanol–water partition coefficient (Wildman–Crippen LogP) is 2.02. The SMILES string of the molecule is COc1cc(N)cc(C(=O)Nc2ccc(CO)cc2)c1. The molecule has 0 spiro atoms. The summed E-state index contributed by atoms with van der Waals surface area (Å²) in [6.45, 7) is -0.0271. The number of nitrogen functional groups attached to an aromatic ring is 1. The number of aliphatic hydroxyl groups excluding tert-OH is 1. The molecule has 4 N–H and O–H groups in total. The van der Waals surface area contributed by atoms with Crippen LogP contribution in [-0.2, 0) is 6.61 Å². The minimum atomic E-state index is -0.271. The number of rotatable bonds is 4. The van der Waals surface area contributed by atoms with Crippen molar-refractivity contribution in [3.05, 3.63) is 53.6 Å². The van der Waals surface area contributed by atoms with Crippen molar-refractivity contribution in [3.8, 4) is 5.75 Å². The van der Waals surface area contributed by atoms with Gasteiger partial charge in [0, 0.05) is 23.0 Å². The summed E-state index contributed by atoms with van der Waals surface area (Å²) in [5.74, 6) is 0.262. The van der Waals surface area contributed by atoms with Gasteiger partial charge in [-0.2, -0.15) is 0 Å². The van der Waals surface area contributed by atoms with Crippen molar-refractivity contribution in [2.24, 2.45) is 0 Å². The Balaban J connectivity index is 2.16. The average Bonchev–Trinajstić information content (AvgIpc) is 2.47. The van der Waals surface area contributed by atoms with Crippen molar-refractivity contribution < 1.29 is 14.6 Å². The van der Waals surface area contributed by atoms with Crippen LogP contribution in [-0.4, -0.2) is 18.1 Å². The summed E-state index contributed by atoms with van der Waals surface area (Å²) in [6.07, 6.45) is 0. The van der Waals surface area contributed by atoms with Gasteiger partial charge < -0.3 is 20.9 Å². The van der Waals surface area contributed by atoms with Crippen LogP contribution in [0.15, 0.2) is 42.5 Å².